The van der Waals surface area contributed by atoms with E-state index < -0.39 is 5.92 Å². The summed E-state index contributed by atoms with van der Waals surface area (Å²) in [6.07, 6.45) is 0.579. The van der Waals surface area contributed by atoms with E-state index >= 15 is 0 Å². The smallest absolute Gasteiger partial charge is 0.228 e. The van der Waals surface area contributed by atoms with Gasteiger partial charge in [-0.1, -0.05) is 5.16 Å². The molecule has 25 heavy (non-hydrogen) atoms. The van der Waals surface area contributed by atoms with Crippen molar-refractivity contribution in [2.24, 2.45) is 5.92 Å². The van der Waals surface area contributed by atoms with Crippen LogP contribution in [0.15, 0.2) is 22.7 Å². The van der Waals surface area contributed by atoms with Gasteiger partial charge in [0.05, 0.1) is 5.92 Å². The molecule has 0 spiro atoms. The van der Waals surface area contributed by atoms with Crippen molar-refractivity contribution in [1.29, 1.82) is 0 Å². The van der Waals surface area contributed by atoms with Gasteiger partial charge in [0, 0.05) is 31.6 Å². The molecule has 2 aromatic rings. The number of rotatable bonds is 5. The average Bonchev–Trinajstić information content (AvgIpc) is 3.16. The Kier molecular flexibility index (Phi) is 4.78. The number of anilines is 1. The van der Waals surface area contributed by atoms with E-state index in [0.29, 0.717) is 35.9 Å². The molecule has 0 saturated carbocycles. The van der Waals surface area contributed by atoms with Gasteiger partial charge in [-0.2, -0.15) is 4.98 Å². The van der Waals surface area contributed by atoms with E-state index in [2.05, 4.69) is 15.5 Å². The first kappa shape index (κ1) is 17.1. The summed E-state index contributed by atoms with van der Waals surface area (Å²) in [7, 11) is 0. The van der Waals surface area contributed by atoms with E-state index in [4.69, 9.17) is 4.52 Å². The van der Waals surface area contributed by atoms with Crippen molar-refractivity contribution in [2.75, 3.05) is 18.0 Å². The number of aromatic nitrogens is 2. The van der Waals surface area contributed by atoms with Crippen molar-refractivity contribution >= 4 is 17.5 Å². The molecule has 2 amide bonds. The maximum absolute atomic E-state index is 13.4. The number of amides is 2. The molecule has 1 N–H and O–H groups in total. The average molecular weight is 346 g/mol. The predicted octanol–water partition coefficient (Wildman–Crippen LogP) is 1.54. The fourth-order valence-electron chi connectivity index (χ4n) is 2.81. The molecule has 8 heteroatoms. The van der Waals surface area contributed by atoms with Crippen molar-refractivity contribution in [2.45, 2.75) is 26.7 Å². The molecule has 1 fully saturated rings. The summed E-state index contributed by atoms with van der Waals surface area (Å²) < 4.78 is 18.4. The Morgan fingerprint density at radius 3 is 2.92 bits per heavy atom. The third-order valence-electron chi connectivity index (χ3n) is 4.16. The lowest BCUT2D eigenvalue weighted by atomic mass is 10.1. The molecular weight excluding hydrogens is 327 g/mol. The van der Waals surface area contributed by atoms with Crippen LogP contribution in [0.2, 0.25) is 0 Å². The van der Waals surface area contributed by atoms with E-state index in [1.807, 2.05) is 0 Å². The number of nitrogens with zero attached hydrogens (tertiary/aromatic N) is 3. The largest absolute Gasteiger partial charge is 0.355 e. The topological polar surface area (TPSA) is 88.3 Å². The first-order chi connectivity index (χ1) is 11.9. The zero-order valence-corrected chi connectivity index (χ0v) is 14.1. The van der Waals surface area contributed by atoms with Crippen LogP contribution in [-0.2, 0) is 16.0 Å². The van der Waals surface area contributed by atoms with Crippen molar-refractivity contribution in [3.05, 3.63) is 41.3 Å². The Morgan fingerprint density at radius 2 is 2.24 bits per heavy atom. The fraction of sp³-hybridized carbons (Fsp3) is 0.412. The summed E-state index contributed by atoms with van der Waals surface area (Å²) in [6, 6.07) is 4.50. The number of carbonyl (C=O) groups excluding carboxylic acids is 2. The maximum Gasteiger partial charge on any atom is 0.228 e. The number of halogens is 1. The minimum atomic E-state index is -0.428. The second-order valence-corrected chi connectivity index (χ2v) is 6.12. The number of aryl methyl sites for hydroxylation is 2. The highest BCUT2D eigenvalue weighted by Gasteiger charge is 2.35. The van der Waals surface area contributed by atoms with Gasteiger partial charge in [-0.05, 0) is 37.6 Å². The Labute approximate surface area is 144 Å². The summed E-state index contributed by atoms with van der Waals surface area (Å²) in [4.78, 5) is 30.1. The summed E-state index contributed by atoms with van der Waals surface area (Å²) in [5.74, 6) is -0.0653. The highest BCUT2D eigenvalue weighted by Crippen LogP contribution is 2.26. The van der Waals surface area contributed by atoms with Gasteiger partial charge in [0.1, 0.15) is 5.82 Å². The summed E-state index contributed by atoms with van der Waals surface area (Å²) in [5.41, 5.74) is 1.08. The molecule has 1 aromatic carbocycles. The molecule has 1 aromatic heterocycles. The quantitative estimate of drug-likeness (QED) is 0.887. The van der Waals surface area contributed by atoms with Crippen LogP contribution in [0.25, 0.3) is 0 Å². The van der Waals surface area contributed by atoms with Gasteiger partial charge in [-0.3, -0.25) is 9.59 Å². The molecule has 1 aliphatic heterocycles. The van der Waals surface area contributed by atoms with Crippen LogP contribution in [0.1, 0.15) is 23.7 Å². The lowest BCUT2D eigenvalue weighted by Gasteiger charge is -2.17. The van der Waals surface area contributed by atoms with Gasteiger partial charge < -0.3 is 14.7 Å². The number of hydrogen-bond acceptors (Lipinski definition) is 5. The highest BCUT2D eigenvalue weighted by molar-refractivity contribution is 6.00. The molecule has 132 valence electrons. The van der Waals surface area contributed by atoms with Gasteiger partial charge in [0.25, 0.3) is 0 Å². The molecular formula is C17H19FN4O3. The first-order valence-corrected chi connectivity index (χ1v) is 8.07. The van der Waals surface area contributed by atoms with E-state index in [1.165, 1.54) is 11.0 Å². The molecule has 0 aliphatic carbocycles. The van der Waals surface area contributed by atoms with Crippen molar-refractivity contribution in [3.63, 3.8) is 0 Å². The van der Waals surface area contributed by atoms with Gasteiger partial charge in [-0.25, -0.2) is 4.39 Å². The number of hydrogen-bond donors (Lipinski definition) is 1. The second-order valence-electron chi connectivity index (χ2n) is 6.12. The second kappa shape index (κ2) is 7.00. The molecule has 1 aliphatic rings. The highest BCUT2D eigenvalue weighted by atomic mass is 19.1. The molecule has 1 atom stereocenters. The Hall–Kier alpha value is -2.77. The van der Waals surface area contributed by atoms with Crippen molar-refractivity contribution < 1.29 is 18.5 Å². The molecule has 2 heterocycles. The van der Waals surface area contributed by atoms with E-state index in [1.54, 1.807) is 26.0 Å². The Bertz CT molecular complexity index is 805. The van der Waals surface area contributed by atoms with Crippen LogP contribution < -0.4 is 10.2 Å². The van der Waals surface area contributed by atoms with Gasteiger partial charge in [0.2, 0.25) is 17.7 Å². The number of benzene rings is 1. The molecule has 0 bridgehead atoms. The van der Waals surface area contributed by atoms with Crippen LogP contribution in [0.3, 0.4) is 0 Å². The van der Waals surface area contributed by atoms with E-state index in [9.17, 15) is 14.0 Å². The van der Waals surface area contributed by atoms with Crippen LogP contribution in [0.5, 0.6) is 0 Å². The zero-order chi connectivity index (χ0) is 18.0. The minimum Gasteiger partial charge on any atom is -0.355 e. The third-order valence-corrected chi connectivity index (χ3v) is 4.16. The normalized spacial score (nSPS) is 17.2. The summed E-state index contributed by atoms with van der Waals surface area (Å²) >= 11 is 0. The minimum absolute atomic E-state index is 0.140. The van der Waals surface area contributed by atoms with Crippen LogP contribution in [-0.4, -0.2) is 35.0 Å². The molecule has 1 saturated heterocycles. The van der Waals surface area contributed by atoms with Crippen LogP contribution in [0.4, 0.5) is 10.1 Å². The molecule has 1 unspecified atom stereocenters. The zero-order valence-electron chi connectivity index (χ0n) is 14.1. The standard InChI is InChI=1S/C17H19FN4O3/c1-10-7-13(3-4-14(10)18)22-9-12(8-16(22)23)17(24)19-6-5-15-20-11(2)21-25-15/h3-4,7,12H,5-6,8-9H2,1-2H3,(H,19,24). The Balaban J connectivity index is 1.56. The van der Waals surface area contributed by atoms with Crippen LogP contribution in [0, 0.1) is 25.6 Å². The van der Waals surface area contributed by atoms with Crippen molar-refractivity contribution in [1.82, 2.24) is 15.5 Å². The summed E-state index contributed by atoms with van der Waals surface area (Å²) in [5, 5.41) is 6.47. The first-order valence-electron chi connectivity index (χ1n) is 8.07. The lowest BCUT2D eigenvalue weighted by molar-refractivity contribution is -0.126. The predicted molar refractivity (Wildman–Crippen MR) is 87.3 cm³/mol. The maximum atomic E-state index is 13.4. The molecule has 3 rings (SSSR count). The third kappa shape index (κ3) is 3.84. The van der Waals surface area contributed by atoms with Gasteiger partial charge in [0.15, 0.2) is 5.82 Å². The lowest BCUT2D eigenvalue weighted by Crippen LogP contribution is -2.34. The van der Waals surface area contributed by atoms with Crippen molar-refractivity contribution in [3.8, 4) is 0 Å². The number of carbonyl (C=O) groups is 2. The van der Waals surface area contributed by atoms with E-state index in [-0.39, 0.29) is 30.6 Å². The monoisotopic (exact) mass is 346 g/mol. The van der Waals surface area contributed by atoms with E-state index in [0.717, 1.165) is 0 Å². The van der Waals surface area contributed by atoms with Gasteiger partial charge >= 0.3 is 0 Å². The molecule has 0 radical (unpaired) electrons. The number of nitrogens with one attached hydrogen (secondary N) is 1. The molecule has 7 nitrogen and oxygen atoms in total. The fourth-order valence-corrected chi connectivity index (χ4v) is 2.81. The van der Waals surface area contributed by atoms with Crippen LogP contribution >= 0.6 is 0 Å². The van der Waals surface area contributed by atoms with Gasteiger partial charge in [-0.15, -0.1) is 0 Å². The Morgan fingerprint density at radius 1 is 1.44 bits per heavy atom. The SMILES string of the molecule is Cc1noc(CCNC(=O)C2CC(=O)N(c3ccc(F)c(C)c3)C2)n1. The summed E-state index contributed by atoms with van der Waals surface area (Å²) in [6.45, 7) is 4.01.